The number of nitrogens with two attached hydrogens (primary N) is 1. The van der Waals surface area contributed by atoms with Gasteiger partial charge in [-0.15, -0.1) is 0 Å². The summed E-state index contributed by atoms with van der Waals surface area (Å²) in [4.78, 5) is 27.9. The van der Waals surface area contributed by atoms with Gasteiger partial charge >= 0.3 is 0 Å². The summed E-state index contributed by atoms with van der Waals surface area (Å²) in [5.74, 6) is 2.21. The molecule has 1 fully saturated rings. The Hall–Kier alpha value is -4.15. The van der Waals surface area contributed by atoms with Crippen LogP contribution < -0.4 is 10.6 Å². The number of rotatable bonds is 7. The van der Waals surface area contributed by atoms with Crippen LogP contribution in [0, 0.1) is 25.6 Å². The molecule has 4 heterocycles. The predicted octanol–water partition coefficient (Wildman–Crippen LogP) is 4.19. The van der Waals surface area contributed by atoms with Crippen LogP contribution in [0.25, 0.3) is 5.82 Å². The molecule has 11 heteroatoms. The molecule has 4 aromatic heterocycles. The largest absolute Gasteiger partial charge is 0.369 e. The van der Waals surface area contributed by atoms with Crippen molar-refractivity contribution in [3.05, 3.63) is 71.4 Å². The molecule has 1 aliphatic rings. The first-order valence-electron chi connectivity index (χ1n) is 12.4. The number of aryl methyl sites for hydroxylation is 2. The van der Waals surface area contributed by atoms with Crippen LogP contribution in [-0.2, 0) is 4.79 Å². The fourth-order valence-electron chi connectivity index (χ4n) is 4.91. The third-order valence-electron chi connectivity index (χ3n) is 6.96. The number of hydrogen-bond acceptors (Lipinski definition) is 7. The molecule has 192 valence electrons. The Morgan fingerprint density at radius 1 is 1.14 bits per heavy atom. The van der Waals surface area contributed by atoms with Crippen LogP contribution in [0.2, 0.25) is 0 Å². The molecule has 5 rings (SSSR count). The normalized spacial score (nSPS) is 18.5. The molecule has 0 spiro atoms. The molecule has 10 nitrogen and oxygen atoms in total. The van der Waals surface area contributed by atoms with Gasteiger partial charge in [0.1, 0.15) is 11.6 Å². The van der Waals surface area contributed by atoms with Crippen LogP contribution >= 0.6 is 0 Å². The summed E-state index contributed by atoms with van der Waals surface area (Å²) in [6.45, 7) is 5.97. The second kappa shape index (κ2) is 10.1. The number of nitrogens with one attached hydrogen (secondary N) is 1. The Balaban J connectivity index is 1.47. The third kappa shape index (κ3) is 5.20. The highest BCUT2D eigenvalue weighted by Gasteiger charge is 2.29. The van der Waals surface area contributed by atoms with E-state index in [0.717, 1.165) is 66.3 Å². The van der Waals surface area contributed by atoms with E-state index in [0.29, 0.717) is 5.82 Å². The minimum absolute atomic E-state index is 0.0715. The highest BCUT2D eigenvalue weighted by atomic mass is 19.1. The Kier molecular flexibility index (Phi) is 6.68. The molecule has 0 aromatic carbocycles. The first kappa shape index (κ1) is 24.5. The van der Waals surface area contributed by atoms with Crippen molar-refractivity contribution in [1.82, 2.24) is 34.9 Å². The molecule has 0 unspecified atom stereocenters. The van der Waals surface area contributed by atoms with E-state index in [9.17, 15) is 9.18 Å². The second-order valence-electron chi connectivity index (χ2n) is 9.68. The molecule has 1 saturated carbocycles. The molecule has 3 N–H and O–H groups in total. The first-order valence-corrected chi connectivity index (χ1v) is 12.4. The number of aromatic nitrogens is 7. The quantitative estimate of drug-likeness (QED) is 0.386. The summed E-state index contributed by atoms with van der Waals surface area (Å²) in [5.41, 5.74) is 8.24. The molecule has 37 heavy (non-hydrogen) atoms. The van der Waals surface area contributed by atoms with Gasteiger partial charge in [-0.3, -0.25) is 9.89 Å². The number of pyridine rings is 1. The number of anilines is 2. The minimum atomic E-state index is -0.419. The Morgan fingerprint density at radius 3 is 2.51 bits per heavy atom. The summed E-state index contributed by atoms with van der Waals surface area (Å²) in [7, 11) is 0. The minimum Gasteiger partial charge on any atom is -0.369 e. The molecular formula is C26H30FN9O. The molecule has 0 saturated heterocycles. The first-order chi connectivity index (χ1) is 17.8. The third-order valence-corrected chi connectivity index (χ3v) is 6.96. The molecular weight excluding hydrogens is 473 g/mol. The van der Waals surface area contributed by atoms with Crippen molar-refractivity contribution in [2.24, 2.45) is 11.7 Å². The number of primary amides is 1. The highest BCUT2D eigenvalue weighted by Crippen LogP contribution is 2.37. The van der Waals surface area contributed by atoms with Gasteiger partial charge in [0.05, 0.1) is 18.4 Å². The predicted molar refractivity (Wildman–Crippen MR) is 136 cm³/mol. The van der Waals surface area contributed by atoms with Crippen molar-refractivity contribution in [3.63, 3.8) is 0 Å². The zero-order valence-electron chi connectivity index (χ0n) is 21.1. The van der Waals surface area contributed by atoms with Crippen molar-refractivity contribution in [3.8, 4) is 5.82 Å². The zero-order chi connectivity index (χ0) is 26.1. The lowest BCUT2D eigenvalue weighted by atomic mass is 9.81. The summed E-state index contributed by atoms with van der Waals surface area (Å²) in [6.07, 6.45) is 7.35. The summed E-state index contributed by atoms with van der Waals surface area (Å²) in [6, 6.07) is 7.50. The van der Waals surface area contributed by atoms with Gasteiger partial charge < -0.3 is 10.6 Å². The molecule has 4 aromatic rings. The lowest BCUT2D eigenvalue weighted by Gasteiger charge is -2.30. The number of halogens is 1. The number of carbonyl (C=O) groups excluding carboxylic acids is 1. The average molecular weight is 504 g/mol. The lowest BCUT2D eigenvalue weighted by Crippen LogP contribution is -2.28. The zero-order valence-corrected chi connectivity index (χ0v) is 21.1. The SMILES string of the molecule is Cc1cc(N(c2cc(C)[nH]n2)[C@@H](C)c2ccc(-n3cc(F)cn3)nc2)nc(C2CCC(C(N)=O)CC2)n1. The smallest absolute Gasteiger partial charge is 0.220 e. The fourth-order valence-corrected chi connectivity index (χ4v) is 4.91. The van der Waals surface area contributed by atoms with E-state index in [2.05, 4.69) is 32.1 Å². The number of hydrogen-bond donors (Lipinski definition) is 2. The molecule has 1 atom stereocenters. The van der Waals surface area contributed by atoms with Gasteiger partial charge in [-0.2, -0.15) is 10.2 Å². The van der Waals surface area contributed by atoms with Gasteiger partial charge in [0.25, 0.3) is 0 Å². The molecule has 0 radical (unpaired) electrons. The van der Waals surface area contributed by atoms with Crippen LogP contribution in [0.15, 0.2) is 42.9 Å². The second-order valence-corrected chi connectivity index (χ2v) is 9.68. The molecule has 0 aliphatic heterocycles. The summed E-state index contributed by atoms with van der Waals surface area (Å²) < 4.78 is 14.8. The van der Waals surface area contributed by atoms with Crippen LogP contribution in [0.5, 0.6) is 0 Å². The van der Waals surface area contributed by atoms with Gasteiger partial charge in [0.2, 0.25) is 5.91 Å². The van der Waals surface area contributed by atoms with Crippen LogP contribution in [-0.4, -0.2) is 40.8 Å². The van der Waals surface area contributed by atoms with Crippen molar-refractivity contribution in [1.29, 1.82) is 0 Å². The van der Waals surface area contributed by atoms with Crippen molar-refractivity contribution < 1.29 is 9.18 Å². The number of carbonyl (C=O) groups is 1. The molecule has 0 bridgehead atoms. The van der Waals surface area contributed by atoms with Crippen molar-refractivity contribution in [2.45, 2.75) is 58.4 Å². The number of H-pyrrole nitrogens is 1. The van der Waals surface area contributed by atoms with E-state index in [1.165, 1.54) is 10.9 Å². The lowest BCUT2D eigenvalue weighted by molar-refractivity contribution is -0.122. The monoisotopic (exact) mass is 503 g/mol. The average Bonchev–Trinajstić information content (AvgIpc) is 3.52. The van der Waals surface area contributed by atoms with Gasteiger partial charge in [-0.25, -0.2) is 24.0 Å². The maximum absolute atomic E-state index is 13.4. The Labute approximate surface area is 214 Å². The topological polar surface area (TPSA) is 132 Å². The van der Waals surface area contributed by atoms with E-state index >= 15 is 0 Å². The van der Waals surface area contributed by atoms with E-state index in [1.807, 2.05) is 32.0 Å². The van der Waals surface area contributed by atoms with Gasteiger partial charge in [0, 0.05) is 41.6 Å². The maximum atomic E-state index is 13.4. The Bertz CT molecular complexity index is 1390. The standard InChI is InChI=1S/C26H30FN9O/c1-15-10-23(32-26(31-15)19-6-4-18(5-7-19)25(28)37)36(24-11-16(2)33-34-24)17(3)20-8-9-22(29-12-20)35-14-21(27)13-30-35/h8-14,17-19H,4-7H2,1-3H3,(H2,28,37)(H,33,34)/t17-,18?,19?/m0/s1. The van der Waals surface area contributed by atoms with Crippen LogP contribution in [0.1, 0.15) is 67.3 Å². The summed E-state index contributed by atoms with van der Waals surface area (Å²) >= 11 is 0. The maximum Gasteiger partial charge on any atom is 0.220 e. The van der Waals surface area contributed by atoms with Crippen LogP contribution in [0.3, 0.4) is 0 Å². The summed E-state index contributed by atoms with van der Waals surface area (Å²) in [5, 5.41) is 11.5. The van der Waals surface area contributed by atoms with Crippen molar-refractivity contribution >= 4 is 17.5 Å². The highest BCUT2D eigenvalue weighted by molar-refractivity contribution is 5.76. The van der Waals surface area contributed by atoms with E-state index < -0.39 is 5.82 Å². The van der Waals surface area contributed by atoms with Crippen LogP contribution in [0.4, 0.5) is 16.0 Å². The number of amides is 1. The Morgan fingerprint density at radius 2 is 1.92 bits per heavy atom. The van der Waals surface area contributed by atoms with E-state index in [4.69, 9.17) is 15.7 Å². The number of nitrogens with zero attached hydrogens (tertiary/aromatic N) is 7. The van der Waals surface area contributed by atoms with E-state index in [1.54, 1.807) is 12.3 Å². The van der Waals surface area contributed by atoms with Gasteiger partial charge in [-0.1, -0.05) is 6.07 Å². The van der Waals surface area contributed by atoms with Gasteiger partial charge in [0.15, 0.2) is 17.5 Å². The number of aromatic amines is 1. The molecule has 1 amide bonds. The van der Waals surface area contributed by atoms with Gasteiger partial charge in [-0.05, 0) is 58.1 Å². The van der Waals surface area contributed by atoms with E-state index in [-0.39, 0.29) is 23.8 Å². The molecule has 1 aliphatic carbocycles. The fraction of sp³-hybridized carbons (Fsp3) is 0.385. The van der Waals surface area contributed by atoms with Crippen molar-refractivity contribution in [2.75, 3.05) is 4.90 Å².